The van der Waals surface area contributed by atoms with E-state index in [0.717, 1.165) is 12.6 Å². The smallest absolute Gasteiger partial charge is 0.381 e. The highest BCUT2D eigenvalue weighted by Crippen LogP contribution is 2.18. The third-order valence-corrected chi connectivity index (χ3v) is 3.74. The van der Waals surface area contributed by atoms with Crippen LogP contribution in [0.5, 0.6) is 0 Å². The average molecular weight is 347 g/mol. The Morgan fingerprint density at radius 2 is 2.21 bits per heavy atom. The Balaban J connectivity index is 2.00. The Morgan fingerprint density at radius 1 is 1.46 bits per heavy atom. The van der Waals surface area contributed by atoms with Crippen molar-refractivity contribution in [2.75, 3.05) is 31.6 Å². The summed E-state index contributed by atoms with van der Waals surface area (Å²) in [4.78, 5) is 25.7. The molecule has 1 saturated heterocycles. The van der Waals surface area contributed by atoms with Crippen molar-refractivity contribution in [1.82, 2.24) is 9.47 Å². The number of hydrogen-bond acceptors (Lipinski definition) is 3. The predicted molar refractivity (Wildman–Crippen MR) is 81.9 cm³/mol. The van der Waals surface area contributed by atoms with Crippen LogP contribution >= 0.6 is 0 Å². The molecule has 134 valence electrons. The number of carbonyl (C=O) groups is 1. The third kappa shape index (κ3) is 4.98. The highest BCUT2D eigenvalue weighted by Gasteiger charge is 2.29. The lowest BCUT2D eigenvalue weighted by Crippen LogP contribution is -2.36. The molecule has 0 aromatic carbocycles. The monoisotopic (exact) mass is 347 g/mol. The van der Waals surface area contributed by atoms with Crippen LogP contribution in [0, 0.1) is 5.92 Å². The third-order valence-electron chi connectivity index (χ3n) is 3.74. The largest absolute Gasteiger partial charge is 0.406 e. The van der Waals surface area contributed by atoms with Gasteiger partial charge in [-0.2, -0.15) is 13.2 Å². The molecule has 0 saturated carbocycles. The second kappa shape index (κ2) is 7.69. The van der Waals surface area contributed by atoms with Gasteiger partial charge in [0.2, 0.25) is 0 Å². The van der Waals surface area contributed by atoms with Crippen molar-refractivity contribution in [3.63, 3.8) is 0 Å². The zero-order valence-corrected chi connectivity index (χ0v) is 13.3. The molecule has 9 heteroatoms. The number of carbonyl (C=O) groups excluding carboxylic acids is 1. The number of likely N-dealkylation sites (tertiary alicyclic amines) is 1. The van der Waals surface area contributed by atoms with Gasteiger partial charge >= 0.3 is 12.2 Å². The summed E-state index contributed by atoms with van der Waals surface area (Å²) in [5.74, 6) is 0.230. The second-order valence-electron chi connectivity index (χ2n) is 5.66. The Morgan fingerprint density at radius 3 is 2.88 bits per heavy atom. The highest BCUT2D eigenvalue weighted by atomic mass is 19.4. The molecular weight excluding hydrogens is 327 g/mol. The van der Waals surface area contributed by atoms with E-state index < -0.39 is 24.3 Å². The first-order valence-electron chi connectivity index (χ1n) is 7.70. The summed E-state index contributed by atoms with van der Waals surface area (Å²) in [6, 6.07) is 2.10. The van der Waals surface area contributed by atoms with Gasteiger partial charge in [0.05, 0.1) is 6.61 Å². The molecule has 0 radical (unpaired) electrons. The molecule has 1 unspecified atom stereocenters. The Bertz CT molecular complexity index is 630. The van der Waals surface area contributed by atoms with Crippen molar-refractivity contribution in [3.8, 4) is 0 Å². The quantitative estimate of drug-likeness (QED) is 0.889. The van der Waals surface area contributed by atoms with Crippen LogP contribution in [-0.2, 0) is 11.3 Å². The fourth-order valence-electron chi connectivity index (χ4n) is 2.58. The molecular formula is C15H20F3N3O3. The summed E-state index contributed by atoms with van der Waals surface area (Å²) < 4.78 is 43.2. The Kier molecular flexibility index (Phi) is 5.87. The highest BCUT2D eigenvalue weighted by molar-refractivity contribution is 5.89. The van der Waals surface area contributed by atoms with Crippen molar-refractivity contribution < 1.29 is 22.7 Å². The molecule has 1 atom stereocenters. The van der Waals surface area contributed by atoms with E-state index in [1.807, 2.05) is 6.92 Å². The zero-order chi connectivity index (χ0) is 17.7. The molecule has 1 fully saturated rings. The van der Waals surface area contributed by atoms with Gasteiger partial charge in [-0.15, -0.1) is 0 Å². The topological polar surface area (TPSA) is 63.6 Å². The summed E-state index contributed by atoms with van der Waals surface area (Å²) in [6.07, 6.45) is -2.67. The minimum atomic E-state index is -4.51. The fraction of sp³-hybridized carbons (Fsp3) is 0.600. The molecule has 0 spiro atoms. The summed E-state index contributed by atoms with van der Waals surface area (Å²) in [5.41, 5.74) is -1.05. The number of ether oxygens (including phenoxy) is 1. The van der Waals surface area contributed by atoms with E-state index in [4.69, 9.17) is 4.74 Å². The maximum absolute atomic E-state index is 12.4. The molecule has 1 aromatic rings. The number of urea groups is 1. The van der Waals surface area contributed by atoms with Gasteiger partial charge in [-0.05, 0) is 25.5 Å². The molecule has 1 N–H and O–H groups in total. The molecule has 24 heavy (non-hydrogen) atoms. The van der Waals surface area contributed by atoms with Crippen LogP contribution in [0.1, 0.15) is 13.3 Å². The van der Waals surface area contributed by atoms with Crippen LogP contribution in [0.15, 0.2) is 23.1 Å². The lowest BCUT2D eigenvalue weighted by atomic mass is 10.1. The van der Waals surface area contributed by atoms with Crippen molar-refractivity contribution in [3.05, 3.63) is 28.7 Å². The first kappa shape index (κ1) is 18.3. The van der Waals surface area contributed by atoms with Gasteiger partial charge in [0.15, 0.2) is 0 Å². The Labute approximate surface area is 137 Å². The number of alkyl halides is 3. The maximum Gasteiger partial charge on any atom is 0.406 e. The fourth-order valence-corrected chi connectivity index (χ4v) is 2.58. The lowest BCUT2D eigenvalue weighted by Gasteiger charge is -2.18. The van der Waals surface area contributed by atoms with Crippen molar-refractivity contribution >= 4 is 11.7 Å². The van der Waals surface area contributed by atoms with Gasteiger partial charge in [0.25, 0.3) is 5.56 Å². The average Bonchev–Trinajstić information content (AvgIpc) is 2.97. The standard InChI is InChI=1S/C15H20F3N3O3/c1-2-24-9-11-5-7-20(8-11)14(23)19-12-4-3-6-21(13(12)22)10-15(16,17)18/h3-4,6,11H,2,5,7-10H2,1H3,(H,19,23). The second-order valence-corrected chi connectivity index (χ2v) is 5.66. The molecule has 1 aliphatic rings. The summed E-state index contributed by atoms with van der Waals surface area (Å²) in [6.45, 7) is 2.68. The van der Waals surface area contributed by atoms with E-state index in [0.29, 0.717) is 30.9 Å². The molecule has 2 heterocycles. The van der Waals surface area contributed by atoms with Gasteiger partial charge in [-0.3, -0.25) is 4.79 Å². The number of amides is 2. The van der Waals surface area contributed by atoms with Crippen LogP contribution in [0.2, 0.25) is 0 Å². The summed E-state index contributed by atoms with van der Waals surface area (Å²) >= 11 is 0. The first-order chi connectivity index (χ1) is 11.3. The van der Waals surface area contributed by atoms with Gasteiger partial charge in [-0.1, -0.05) is 0 Å². The van der Waals surface area contributed by atoms with Gasteiger partial charge in [-0.25, -0.2) is 4.79 Å². The van der Waals surface area contributed by atoms with E-state index in [2.05, 4.69) is 5.32 Å². The van der Waals surface area contributed by atoms with Gasteiger partial charge < -0.3 is 19.5 Å². The number of aromatic nitrogens is 1. The van der Waals surface area contributed by atoms with Crippen LogP contribution in [0.4, 0.5) is 23.7 Å². The van der Waals surface area contributed by atoms with Crippen LogP contribution in [-0.4, -0.2) is 48.0 Å². The van der Waals surface area contributed by atoms with E-state index in [9.17, 15) is 22.8 Å². The maximum atomic E-state index is 12.4. The molecule has 2 rings (SSSR count). The number of nitrogens with zero attached hydrogens (tertiary/aromatic N) is 2. The summed E-state index contributed by atoms with van der Waals surface area (Å²) in [5, 5.41) is 2.40. The van der Waals surface area contributed by atoms with Crippen LogP contribution in [0.25, 0.3) is 0 Å². The number of nitrogens with one attached hydrogen (secondary N) is 1. The molecule has 2 amide bonds. The van der Waals surface area contributed by atoms with Gasteiger partial charge in [0, 0.05) is 31.8 Å². The normalized spacial score (nSPS) is 18.0. The summed E-state index contributed by atoms with van der Waals surface area (Å²) in [7, 11) is 0. The molecule has 6 nitrogen and oxygen atoms in total. The predicted octanol–water partition coefficient (Wildman–Crippen LogP) is 2.30. The van der Waals surface area contributed by atoms with E-state index in [1.54, 1.807) is 0 Å². The van der Waals surface area contributed by atoms with Gasteiger partial charge in [0.1, 0.15) is 12.2 Å². The molecule has 1 aliphatic heterocycles. The minimum Gasteiger partial charge on any atom is -0.381 e. The molecule has 0 bridgehead atoms. The van der Waals surface area contributed by atoms with Crippen molar-refractivity contribution in [1.29, 1.82) is 0 Å². The first-order valence-corrected chi connectivity index (χ1v) is 7.70. The number of pyridine rings is 1. The van der Waals surface area contributed by atoms with E-state index in [-0.39, 0.29) is 11.6 Å². The van der Waals surface area contributed by atoms with E-state index >= 15 is 0 Å². The Hall–Kier alpha value is -2.03. The number of hydrogen-bond donors (Lipinski definition) is 1. The van der Waals surface area contributed by atoms with Crippen molar-refractivity contribution in [2.45, 2.75) is 26.1 Å². The molecule has 0 aliphatic carbocycles. The van der Waals surface area contributed by atoms with E-state index in [1.165, 1.54) is 17.0 Å². The van der Waals surface area contributed by atoms with Crippen molar-refractivity contribution in [2.24, 2.45) is 5.92 Å². The number of halogens is 3. The number of rotatable bonds is 5. The van der Waals surface area contributed by atoms with Crippen LogP contribution < -0.4 is 10.9 Å². The molecule has 1 aromatic heterocycles. The minimum absolute atomic E-state index is 0.167. The van der Waals surface area contributed by atoms with Crippen LogP contribution in [0.3, 0.4) is 0 Å². The lowest BCUT2D eigenvalue weighted by molar-refractivity contribution is -0.141. The number of anilines is 1. The SMILES string of the molecule is CCOCC1CCN(C(=O)Nc2cccn(CC(F)(F)F)c2=O)C1. The zero-order valence-electron chi connectivity index (χ0n) is 13.3.